The molecular weight excluding hydrogens is 354 g/mol. The fourth-order valence-electron chi connectivity index (χ4n) is 2.80. The first-order chi connectivity index (χ1) is 13.1. The van der Waals surface area contributed by atoms with Crippen LogP contribution < -0.4 is 15.8 Å². The summed E-state index contributed by atoms with van der Waals surface area (Å²) in [5, 5.41) is 7.19. The van der Waals surface area contributed by atoms with E-state index in [1.54, 1.807) is 18.2 Å². The van der Waals surface area contributed by atoms with Crippen molar-refractivity contribution in [1.82, 2.24) is 24.9 Å². The average molecular weight is 376 g/mol. The summed E-state index contributed by atoms with van der Waals surface area (Å²) in [6.45, 7) is 2.50. The SMILES string of the molecule is C1CCNCC1.COc1cc2ncc(-c3cccc(N)n3)n2nc1C(F)F. The van der Waals surface area contributed by atoms with Crippen LogP contribution in [0, 0.1) is 0 Å². The molecule has 27 heavy (non-hydrogen) atoms. The van der Waals surface area contributed by atoms with Crippen LogP contribution in [0.4, 0.5) is 14.6 Å². The number of piperidine rings is 1. The summed E-state index contributed by atoms with van der Waals surface area (Å²) in [5.74, 6) is 0.320. The van der Waals surface area contributed by atoms with E-state index in [-0.39, 0.29) is 5.75 Å². The number of ether oxygens (including phenoxy) is 1. The van der Waals surface area contributed by atoms with Crippen molar-refractivity contribution in [2.75, 3.05) is 25.9 Å². The number of nitrogen functional groups attached to an aromatic ring is 1. The van der Waals surface area contributed by atoms with Gasteiger partial charge in [-0.1, -0.05) is 12.5 Å². The molecule has 0 saturated carbocycles. The van der Waals surface area contributed by atoms with Crippen molar-refractivity contribution >= 4 is 11.5 Å². The van der Waals surface area contributed by atoms with Gasteiger partial charge in [0.05, 0.1) is 19.0 Å². The molecule has 4 heterocycles. The highest BCUT2D eigenvalue weighted by molar-refractivity contribution is 5.61. The molecule has 9 heteroatoms. The van der Waals surface area contributed by atoms with Crippen molar-refractivity contribution in [2.45, 2.75) is 25.7 Å². The molecule has 0 bridgehead atoms. The van der Waals surface area contributed by atoms with Crippen LogP contribution in [-0.4, -0.2) is 39.8 Å². The molecule has 1 aliphatic heterocycles. The van der Waals surface area contributed by atoms with Crippen molar-refractivity contribution in [1.29, 1.82) is 0 Å². The van der Waals surface area contributed by atoms with Crippen LogP contribution in [0.15, 0.2) is 30.5 Å². The molecule has 1 fully saturated rings. The standard InChI is InChI=1S/C13H11F2N5O.C5H11N/c1-21-9-5-11-17-6-8(7-3-2-4-10(16)18-7)20(11)19-12(9)13(14)15;1-2-4-6-5-3-1/h2-6,13H,1H3,(H2,16,18);6H,1-5H2. The Balaban J connectivity index is 0.000000299. The van der Waals surface area contributed by atoms with Gasteiger partial charge in [-0.3, -0.25) is 0 Å². The molecule has 3 N–H and O–H groups in total. The number of rotatable bonds is 3. The van der Waals surface area contributed by atoms with Crippen molar-refractivity contribution in [3.8, 4) is 17.1 Å². The summed E-state index contributed by atoms with van der Waals surface area (Å²) in [5.41, 5.74) is 6.54. The van der Waals surface area contributed by atoms with Crippen LogP contribution >= 0.6 is 0 Å². The summed E-state index contributed by atoms with van der Waals surface area (Å²) in [6.07, 6.45) is 2.96. The molecule has 0 amide bonds. The number of methoxy groups -OCH3 is 1. The van der Waals surface area contributed by atoms with Gasteiger partial charge in [0.1, 0.15) is 11.5 Å². The zero-order valence-corrected chi connectivity index (χ0v) is 15.0. The normalized spacial score (nSPS) is 14.1. The smallest absolute Gasteiger partial charge is 0.285 e. The Morgan fingerprint density at radius 1 is 1.22 bits per heavy atom. The molecule has 4 rings (SSSR count). The fraction of sp³-hybridized carbons (Fsp3) is 0.389. The van der Waals surface area contributed by atoms with Gasteiger partial charge in [0.25, 0.3) is 6.43 Å². The second-order valence-corrected chi connectivity index (χ2v) is 6.07. The topological polar surface area (TPSA) is 90.4 Å². The monoisotopic (exact) mass is 376 g/mol. The zero-order valence-electron chi connectivity index (χ0n) is 15.0. The highest BCUT2D eigenvalue weighted by Gasteiger charge is 2.20. The maximum Gasteiger partial charge on any atom is 0.285 e. The highest BCUT2D eigenvalue weighted by atomic mass is 19.3. The molecule has 7 nitrogen and oxygen atoms in total. The minimum absolute atomic E-state index is 0.00446. The van der Waals surface area contributed by atoms with Crippen molar-refractivity contribution in [2.24, 2.45) is 0 Å². The molecule has 1 aliphatic rings. The van der Waals surface area contributed by atoms with E-state index >= 15 is 0 Å². The van der Waals surface area contributed by atoms with Crippen LogP contribution in [0.2, 0.25) is 0 Å². The van der Waals surface area contributed by atoms with E-state index in [4.69, 9.17) is 10.5 Å². The minimum Gasteiger partial charge on any atom is -0.494 e. The Morgan fingerprint density at radius 3 is 2.56 bits per heavy atom. The third-order valence-corrected chi connectivity index (χ3v) is 4.15. The molecule has 3 aromatic rings. The quantitative estimate of drug-likeness (QED) is 0.730. The lowest BCUT2D eigenvalue weighted by atomic mass is 10.2. The second-order valence-electron chi connectivity index (χ2n) is 6.07. The number of pyridine rings is 1. The maximum atomic E-state index is 13.0. The van der Waals surface area contributed by atoms with E-state index in [2.05, 4.69) is 20.4 Å². The number of alkyl halides is 2. The number of aromatic nitrogens is 4. The molecule has 1 saturated heterocycles. The first-order valence-electron chi connectivity index (χ1n) is 8.74. The van der Waals surface area contributed by atoms with Crippen LogP contribution in [0.25, 0.3) is 17.0 Å². The predicted molar refractivity (Wildman–Crippen MR) is 98.9 cm³/mol. The molecule has 0 aliphatic carbocycles. The predicted octanol–water partition coefficient (Wildman–Crippen LogP) is 3.08. The number of anilines is 1. The summed E-state index contributed by atoms with van der Waals surface area (Å²) < 4.78 is 32.3. The average Bonchev–Trinajstić information content (AvgIpc) is 3.11. The summed E-state index contributed by atoms with van der Waals surface area (Å²) >= 11 is 0. The number of hydrogen-bond acceptors (Lipinski definition) is 6. The van der Waals surface area contributed by atoms with E-state index in [1.165, 1.54) is 56.2 Å². The zero-order chi connectivity index (χ0) is 19.2. The lowest BCUT2D eigenvalue weighted by Gasteiger charge is -2.08. The Bertz CT molecular complexity index is 883. The van der Waals surface area contributed by atoms with Crippen molar-refractivity contribution in [3.63, 3.8) is 0 Å². The maximum absolute atomic E-state index is 13.0. The molecule has 0 spiro atoms. The van der Waals surface area contributed by atoms with Crippen LogP contribution in [0.5, 0.6) is 5.75 Å². The number of nitrogens with zero attached hydrogens (tertiary/aromatic N) is 4. The Labute approximate surface area is 155 Å². The highest BCUT2D eigenvalue weighted by Crippen LogP contribution is 2.29. The van der Waals surface area contributed by atoms with Gasteiger partial charge in [0.15, 0.2) is 17.1 Å². The summed E-state index contributed by atoms with van der Waals surface area (Å²) in [7, 11) is 1.31. The van der Waals surface area contributed by atoms with Gasteiger partial charge in [-0.05, 0) is 38.1 Å². The molecule has 0 unspecified atom stereocenters. The van der Waals surface area contributed by atoms with Gasteiger partial charge in [-0.25, -0.2) is 23.3 Å². The second kappa shape index (κ2) is 8.72. The molecular formula is C18H22F2N6O. The Morgan fingerprint density at radius 2 is 2.00 bits per heavy atom. The van der Waals surface area contributed by atoms with Gasteiger partial charge in [-0.15, -0.1) is 0 Å². The number of imidazole rings is 1. The van der Waals surface area contributed by atoms with E-state index < -0.39 is 12.1 Å². The first-order valence-corrected chi connectivity index (χ1v) is 8.74. The number of hydrogen-bond donors (Lipinski definition) is 2. The molecule has 3 aromatic heterocycles. The third kappa shape index (κ3) is 4.48. The molecule has 0 aromatic carbocycles. The summed E-state index contributed by atoms with van der Waals surface area (Å²) in [6, 6.07) is 6.46. The van der Waals surface area contributed by atoms with Crippen molar-refractivity contribution < 1.29 is 13.5 Å². The third-order valence-electron chi connectivity index (χ3n) is 4.15. The Hall–Kier alpha value is -2.81. The largest absolute Gasteiger partial charge is 0.494 e. The van der Waals surface area contributed by atoms with Crippen LogP contribution in [-0.2, 0) is 0 Å². The van der Waals surface area contributed by atoms with Gasteiger partial charge in [-0.2, -0.15) is 5.10 Å². The number of fused-ring (bicyclic) bond motifs is 1. The number of nitrogens with one attached hydrogen (secondary N) is 1. The van der Waals surface area contributed by atoms with E-state index in [0.29, 0.717) is 22.9 Å². The lowest BCUT2D eigenvalue weighted by molar-refractivity contribution is 0.139. The van der Waals surface area contributed by atoms with Crippen LogP contribution in [0.1, 0.15) is 31.4 Å². The lowest BCUT2D eigenvalue weighted by Crippen LogP contribution is -2.21. The van der Waals surface area contributed by atoms with Gasteiger partial charge >= 0.3 is 0 Å². The molecule has 0 radical (unpaired) electrons. The van der Waals surface area contributed by atoms with E-state index in [0.717, 1.165) is 0 Å². The fourth-order valence-corrected chi connectivity index (χ4v) is 2.80. The molecule has 144 valence electrons. The molecule has 0 atom stereocenters. The first kappa shape index (κ1) is 19.0. The summed E-state index contributed by atoms with van der Waals surface area (Å²) in [4.78, 5) is 8.27. The number of halogens is 2. The van der Waals surface area contributed by atoms with Gasteiger partial charge < -0.3 is 15.8 Å². The van der Waals surface area contributed by atoms with E-state index in [1.807, 2.05) is 0 Å². The van der Waals surface area contributed by atoms with Gasteiger partial charge in [0, 0.05) is 6.07 Å². The minimum atomic E-state index is -2.76. The van der Waals surface area contributed by atoms with Crippen molar-refractivity contribution in [3.05, 3.63) is 36.2 Å². The van der Waals surface area contributed by atoms with Crippen LogP contribution in [0.3, 0.4) is 0 Å². The number of nitrogens with two attached hydrogens (primary N) is 1. The van der Waals surface area contributed by atoms with E-state index in [9.17, 15) is 8.78 Å². The Kier molecular flexibility index (Phi) is 6.12. The van der Waals surface area contributed by atoms with Gasteiger partial charge in [0.2, 0.25) is 0 Å².